The van der Waals surface area contributed by atoms with Gasteiger partial charge in [0.15, 0.2) is 0 Å². The SMILES string of the molecule is CCCC.CCN(CC)C(=S)[S-].CCOP(=S)(OCC)OP(=S)(OCC)OCC.NC(=O)O.[Na+]. The molecule has 0 aromatic rings. The summed E-state index contributed by atoms with van der Waals surface area (Å²) in [5.74, 6) is 0. The molecule has 34 heavy (non-hydrogen) atoms. The summed E-state index contributed by atoms with van der Waals surface area (Å²) >= 11 is 20.0. The van der Waals surface area contributed by atoms with E-state index in [0.29, 0.717) is 30.7 Å². The molecule has 0 atom stereocenters. The van der Waals surface area contributed by atoms with E-state index in [9.17, 15) is 0 Å². The maximum absolute atomic E-state index is 8.78. The van der Waals surface area contributed by atoms with Crippen LogP contribution in [-0.4, -0.2) is 59.9 Å². The number of primary amides is 1. The molecular weight excluding hydrogens is 569 g/mol. The molecule has 9 nitrogen and oxygen atoms in total. The van der Waals surface area contributed by atoms with Gasteiger partial charge in [0.05, 0.1) is 26.4 Å². The minimum Gasteiger partial charge on any atom is -0.465 e. The molecule has 1 amide bonds. The molecule has 0 radical (unpaired) electrons. The Labute approximate surface area is 250 Å². The van der Waals surface area contributed by atoms with Gasteiger partial charge in [-0.1, -0.05) is 31.0 Å². The van der Waals surface area contributed by atoms with Crippen molar-refractivity contribution in [2.75, 3.05) is 39.5 Å². The van der Waals surface area contributed by atoms with Crippen molar-refractivity contribution in [1.82, 2.24) is 4.90 Å². The van der Waals surface area contributed by atoms with Crippen molar-refractivity contribution in [3.8, 4) is 0 Å². The van der Waals surface area contributed by atoms with E-state index >= 15 is 0 Å². The Balaban J connectivity index is -0.000000136. The van der Waals surface area contributed by atoms with Crippen molar-refractivity contribution in [2.45, 2.75) is 68.2 Å². The molecule has 0 unspecified atom stereocenters. The van der Waals surface area contributed by atoms with Gasteiger partial charge >= 0.3 is 49.1 Å². The average Bonchev–Trinajstić information content (AvgIpc) is 2.69. The fourth-order valence-corrected chi connectivity index (χ4v) is 8.29. The maximum Gasteiger partial charge on any atom is 1.00 e. The fourth-order valence-electron chi connectivity index (χ4n) is 1.41. The molecule has 0 rings (SSSR count). The number of amides is 1. The molecule has 0 aliphatic heterocycles. The van der Waals surface area contributed by atoms with E-state index in [-0.39, 0.29) is 29.6 Å². The second-order valence-electron chi connectivity index (χ2n) is 5.42. The number of carboxylic acid groups (broad SMARTS) is 1. The summed E-state index contributed by atoms with van der Waals surface area (Å²) in [4.78, 5) is 10.7. The average molecular weight is 613 g/mol. The van der Waals surface area contributed by atoms with Crippen LogP contribution < -0.4 is 35.3 Å². The number of carbonyl (C=O) groups is 1. The molecule has 0 fully saturated rings. The summed E-state index contributed by atoms with van der Waals surface area (Å²) < 4.78 is 27.5. The molecule has 0 spiro atoms. The zero-order chi connectivity index (χ0) is 26.9. The second kappa shape index (κ2) is 30.7. The summed E-state index contributed by atoms with van der Waals surface area (Å²) in [5, 5.41) is 7.19. The van der Waals surface area contributed by atoms with E-state index in [2.05, 4.69) is 19.6 Å². The molecule has 202 valence electrons. The number of hydrogen-bond donors (Lipinski definition) is 2. The topological polar surface area (TPSA) is 113 Å². The molecule has 0 aromatic heterocycles. The first-order valence-electron chi connectivity index (χ1n) is 10.8. The third-order valence-corrected chi connectivity index (χ3v) is 9.75. The van der Waals surface area contributed by atoms with Crippen molar-refractivity contribution in [1.29, 1.82) is 0 Å². The standard InChI is InChI=1S/C8H20O5P2S2.C5H11NS2.C4H10.CH3NO2.Na/c1-5-9-14(16,10-6-2)13-15(17,11-7-3)12-8-4;1-3-6(4-2)5(7)8;1-3-4-2;2-1(3)4;/h5-8H2,1-4H3;3-4H2,1-2H3,(H,7,8);3-4H2,1-2H3;2H2,(H,3,4);/q;;;;+1/p-1. The van der Waals surface area contributed by atoms with E-state index in [0.717, 1.165) is 13.1 Å². The molecule has 0 aromatic carbocycles. The first kappa shape index (κ1) is 45.4. The number of nitrogens with zero attached hydrogens (tertiary/aromatic N) is 1. The van der Waals surface area contributed by atoms with Crippen LogP contribution in [0.3, 0.4) is 0 Å². The van der Waals surface area contributed by atoms with Gasteiger partial charge in [-0.3, -0.25) is 0 Å². The van der Waals surface area contributed by atoms with Crippen molar-refractivity contribution in [3.05, 3.63) is 0 Å². The van der Waals surface area contributed by atoms with Crippen molar-refractivity contribution >= 4 is 72.3 Å². The number of rotatable bonds is 13. The van der Waals surface area contributed by atoms with Crippen molar-refractivity contribution in [2.24, 2.45) is 5.73 Å². The number of nitrogens with two attached hydrogens (primary N) is 1. The minimum atomic E-state index is -2.87. The Kier molecular flexibility index (Phi) is 41.0. The predicted octanol–water partition coefficient (Wildman–Crippen LogP) is 3.19. The van der Waals surface area contributed by atoms with Crippen LogP contribution in [0.5, 0.6) is 0 Å². The molecule has 3 N–H and O–H groups in total. The van der Waals surface area contributed by atoms with Crippen LogP contribution in [0.4, 0.5) is 4.79 Å². The van der Waals surface area contributed by atoms with Crippen LogP contribution in [-0.2, 0) is 58.6 Å². The summed E-state index contributed by atoms with van der Waals surface area (Å²) in [7, 11) is 0. The Morgan fingerprint density at radius 3 is 1.15 bits per heavy atom. The smallest absolute Gasteiger partial charge is 0.465 e. The first-order chi connectivity index (χ1) is 15.3. The van der Waals surface area contributed by atoms with Gasteiger partial charge in [0.2, 0.25) is 0 Å². The van der Waals surface area contributed by atoms with Gasteiger partial charge in [-0.25, -0.2) is 9.11 Å². The molecule has 0 saturated carbocycles. The minimum absolute atomic E-state index is 0. The largest absolute Gasteiger partial charge is 1.00 e. The molecule has 0 bridgehead atoms. The molecule has 0 aliphatic rings. The van der Waals surface area contributed by atoms with Gasteiger partial charge in [0.1, 0.15) is 0 Å². The van der Waals surface area contributed by atoms with E-state index in [4.69, 9.17) is 80.8 Å². The monoisotopic (exact) mass is 612 g/mol. The van der Waals surface area contributed by atoms with Gasteiger partial charge in [-0.15, -0.1) is 0 Å². The molecular formula is C18H43N2NaO7P2S4. The summed E-state index contributed by atoms with van der Waals surface area (Å²) in [6.45, 7) is 13.4. The Hall–Kier alpha value is 1.48. The summed E-state index contributed by atoms with van der Waals surface area (Å²) in [6, 6.07) is 0. The van der Waals surface area contributed by atoms with Crippen LogP contribution in [0, 0.1) is 0 Å². The zero-order valence-electron chi connectivity index (χ0n) is 22.1. The van der Waals surface area contributed by atoms with Crippen LogP contribution >= 0.6 is 25.7 Å². The van der Waals surface area contributed by atoms with Crippen LogP contribution in [0.1, 0.15) is 68.2 Å². The molecule has 0 saturated heterocycles. The van der Waals surface area contributed by atoms with E-state index < -0.39 is 19.5 Å². The Morgan fingerprint density at radius 1 is 0.824 bits per heavy atom. The van der Waals surface area contributed by atoms with E-state index in [1.165, 1.54) is 12.8 Å². The molecule has 0 aliphatic carbocycles. The molecule has 0 heterocycles. The Morgan fingerprint density at radius 2 is 1.06 bits per heavy atom. The van der Waals surface area contributed by atoms with Gasteiger partial charge in [0, 0.05) is 13.1 Å². The number of thiocarbonyl (C=S) groups is 1. The van der Waals surface area contributed by atoms with Gasteiger partial charge in [-0.2, -0.15) is 0 Å². The first-order valence-corrected chi connectivity index (χ1v) is 16.7. The third-order valence-electron chi connectivity index (χ3n) is 2.87. The van der Waals surface area contributed by atoms with Crippen LogP contribution in [0.25, 0.3) is 0 Å². The zero-order valence-corrected chi connectivity index (χ0v) is 29.2. The third kappa shape index (κ3) is 33.5. The van der Waals surface area contributed by atoms with Crippen molar-refractivity contribution < 1.29 is 61.9 Å². The molecule has 16 heteroatoms. The predicted molar refractivity (Wildman–Crippen MR) is 152 cm³/mol. The number of unbranched alkanes of at least 4 members (excludes halogenated alkanes) is 1. The van der Waals surface area contributed by atoms with Gasteiger partial charge < -0.3 is 58.7 Å². The quantitative estimate of drug-likeness (QED) is 0.138. The number of hydrogen-bond acceptors (Lipinski definition) is 10. The summed E-state index contributed by atoms with van der Waals surface area (Å²) in [5.41, 5.74) is 4.03. The summed E-state index contributed by atoms with van der Waals surface area (Å²) in [6.07, 6.45) is 1.31. The van der Waals surface area contributed by atoms with E-state index in [1.54, 1.807) is 0 Å². The van der Waals surface area contributed by atoms with Gasteiger partial charge in [-0.05, 0) is 65.2 Å². The fraction of sp³-hybridized carbons (Fsp3) is 0.889. The second-order valence-corrected chi connectivity index (χ2v) is 12.6. The van der Waals surface area contributed by atoms with Gasteiger partial charge in [0.25, 0.3) is 0 Å². The van der Waals surface area contributed by atoms with Crippen molar-refractivity contribution in [3.63, 3.8) is 0 Å². The van der Waals surface area contributed by atoms with Crippen LogP contribution in [0.2, 0.25) is 0 Å². The van der Waals surface area contributed by atoms with E-state index in [1.807, 2.05) is 46.4 Å². The normalized spacial score (nSPS) is 10.1. The maximum atomic E-state index is 8.78. The Bertz CT molecular complexity index is 524. The van der Waals surface area contributed by atoms with Crippen LogP contribution in [0.15, 0.2) is 0 Å².